The minimum Gasteiger partial charge on any atom is -0.460 e. The molecule has 106 valence electrons. The molecule has 1 unspecified atom stereocenters. The van der Waals surface area contributed by atoms with Crippen LogP contribution in [0.3, 0.4) is 0 Å². The van der Waals surface area contributed by atoms with Gasteiger partial charge in [0.05, 0.1) is 12.5 Å². The molecule has 0 heterocycles. The smallest absolute Gasteiger partial charge is 0.375 e. The van der Waals surface area contributed by atoms with E-state index < -0.39 is 17.7 Å². The number of carbonyl (C=O) groups excluding carboxylic acids is 3. The van der Waals surface area contributed by atoms with Gasteiger partial charge in [-0.2, -0.15) is 0 Å². The molecule has 0 fully saturated rings. The van der Waals surface area contributed by atoms with Crippen LogP contribution in [0.2, 0.25) is 0 Å². The van der Waals surface area contributed by atoms with E-state index in [1.54, 1.807) is 19.9 Å². The summed E-state index contributed by atoms with van der Waals surface area (Å²) in [4.78, 5) is 35.1. The molecule has 0 saturated heterocycles. The number of Topliss-reactive ketones (excluding diaryl/α,β-unsaturated/α-hetero) is 2. The average molecular weight is 274 g/mol. The summed E-state index contributed by atoms with van der Waals surface area (Å²) in [6.45, 7) is 4.77. The second kappa shape index (κ2) is 7.38. The molecular formula is C16H18O4. The lowest BCUT2D eigenvalue weighted by Gasteiger charge is -2.09. The lowest BCUT2D eigenvalue weighted by Crippen LogP contribution is -2.30. The first-order valence-corrected chi connectivity index (χ1v) is 6.46. The van der Waals surface area contributed by atoms with Crippen molar-refractivity contribution in [1.82, 2.24) is 0 Å². The van der Waals surface area contributed by atoms with Crippen molar-refractivity contribution < 1.29 is 19.1 Å². The third kappa shape index (κ3) is 4.16. The van der Waals surface area contributed by atoms with E-state index in [0.29, 0.717) is 5.57 Å². The van der Waals surface area contributed by atoms with Crippen LogP contribution in [0.1, 0.15) is 26.3 Å². The molecule has 0 N–H and O–H groups in total. The number of benzene rings is 1. The largest absolute Gasteiger partial charge is 0.460 e. The quantitative estimate of drug-likeness (QED) is 0.346. The van der Waals surface area contributed by atoms with Crippen LogP contribution in [0.5, 0.6) is 0 Å². The molecule has 0 aliphatic heterocycles. The van der Waals surface area contributed by atoms with Crippen molar-refractivity contribution in [3.8, 4) is 0 Å². The normalized spacial score (nSPS) is 12.7. The molecule has 0 saturated carbocycles. The fourth-order valence-electron chi connectivity index (χ4n) is 1.71. The zero-order chi connectivity index (χ0) is 15.1. The maximum Gasteiger partial charge on any atom is 0.375 e. The van der Waals surface area contributed by atoms with Crippen LogP contribution >= 0.6 is 0 Å². The molecule has 20 heavy (non-hydrogen) atoms. The Morgan fingerprint density at radius 3 is 2.30 bits per heavy atom. The average Bonchev–Trinajstić information content (AvgIpc) is 2.46. The summed E-state index contributed by atoms with van der Waals surface area (Å²) in [6, 6.07) is 9.30. The zero-order valence-electron chi connectivity index (χ0n) is 11.9. The van der Waals surface area contributed by atoms with Gasteiger partial charge in [-0.1, -0.05) is 30.3 Å². The molecule has 4 heteroatoms. The van der Waals surface area contributed by atoms with Crippen molar-refractivity contribution in [3.05, 3.63) is 41.5 Å². The number of esters is 1. The van der Waals surface area contributed by atoms with Crippen molar-refractivity contribution in [2.45, 2.75) is 20.8 Å². The van der Waals surface area contributed by atoms with E-state index >= 15 is 0 Å². The van der Waals surface area contributed by atoms with Gasteiger partial charge >= 0.3 is 5.97 Å². The number of carbonyl (C=O) groups is 3. The van der Waals surface area contributed by atoms with Gasteiger partial charge < -0.3 is 4.74 Å². The SMILES string of the molecule is CCOC(=O)C(=O)C(C)C(=O)/C(C)=C/c1ccccc1. The highest BCUT2D eigenvalue weighted by atomic mass is 16.5. The van der Waals surface area contributed by atoms with Crippen LogP contribution in [0, 0.1) is 5.92 Å². The summed E-state index contributed by atoms with van der Waals surface area (Å²) >= 11 is 0. The summed E-state index contributed by atoms with van der Waals surface area (Å²) in [5.41, 5.74) is 1.30. The Balaban J connectivity index is 2.81. The number of ether oxygens (including phenoxy) is 1. The first kappa shape index (κ1) is 15.8. The Morgan fingerprint density at radius 2 is 1.75 bits per heavy atom. The molecule has 1 atom stereocenters. The second-order valence-electron chi connectivity index (χ2n) is 4.41. The summed E-state index contributed by atoms with van der Waals surface area (Å²) < 4.78 is 4.61. The first-order chi connectivity index (χ1) is 9.47. The summed E-state index contributed by atoms with van der Waals surface area (Å²) in [5.74, 6) is -3.15. The van der Waals surface area contributed by atoms with Gasteiger partial charge in [0, 0.05) is 0 Å². The van der Waals surface area contributed by atoms with E-state index in [0.717, 1.165) is 5.56 Å². The Kier molecular flexibility index (Phi) is 5.84. The number of hydrogen-bond acceptors (Lipinski definition) is 4. The van der Waals surface area contributed by atoms with E-state index in [2.05, 4.69) is 4.74 Å². The molecule has 0 spiro atoms. The number of rotatable bonds is 6. The van der Waals surface area contributed by atoms with E-state index in [4.69, 9.17) is 0 Å². The predicted octanol–water partition coefficient (Wildman–Crippen LogP) is 2.43. The number of ketones is 2. The van der Waals surface area contributed by atoms with Gasteiger partial charge in [0.25, 0.3) is 5.78 Å². The highest BCUT2D eigenvalue weighted by Crippen LogP contribution is 2.12. The minimum absolute atomic E-state index is 0.115. The van der Waals surface area contributed by atoms with Gasteiger partial charge in [-0.15, -0.1) is 0 Å². The van der Waals surface area contributed by atoms with Crippen molar-refractivity contribution in [2.75, 3.05) is 6.61 Å². The van der Waals surface area contributed by atoms with Crippen molar-refractivity contribution in [2.24, 2.45) is 5.92 Å². The highest BCUT2D eigenvalue weighted by molar-refractivity contribution is 6.39. The monoisotopic (exact) mass is 274 g/mol. The van der Waals surface area contributed by atoms with Crippen LogP contribution in [0.15, 0.2) is 35.9 Å². The molecule has 1 aromatic carbocycles. The van der Waals surface area contributed by atoms with Gasteiger partial charge in [-0.25, -0.2) is 4.79 Å². The topological polar surface area (TPSA) is 60.4 Å². The molecule has 0 aliphatic rings. The van der Waals surface area contributed by atoms with Gasteiger partial charge in [0.15, 0.2) is 5.78 Å². The van der Waals surface area contributed by atoms with Crippen molar-refractivity contribution in [1.29, 1.82) is 0 Å². The third-order valence-corrected chi connectivity index (χ3v) is 2.83. The molecule has 0 aromatic heterocycles. The van der Waals surface area contributed by atoms with Crippen LogP contribution in [-0.2, 0) is 19.1 Å². The van der Waals surface area contributed by atoms with E-state index in [9.17, 15) is 14.4 Å². The number of hydrogen-bond donors (Lipinski definition) is 0. The number of allylic oxidation sites excluding steroid dienone is 1. The lowest BCUT2D eigenvalue weighted by atomic mass is 9.95. The Labute approximate surface area is 118 Å². The Hall–Kier alpha value is -2.23. The predicted molar refractivity (Wildman–Crippen MR) is 75.9 cm³/mol. The Bertz CT molecular complexity index is 529. The molecule has 1 aromatic rings. The molecule has 0 amide bonds. The van der Waals surface area contributed by atoms with Crippen LogP contribution in [0.4, 0.5) is 0 Å². The second-order valence-corrected chi connectivity index (χ2v) is 4.41. The highest BCUT2D eigenvalue weighted by Gasteiger charge is 2.29. The van der Waals surface area contributed by atoms with Gasteiger partial charge in [0.2, 0.25) is 0 Å². The third-order valence-electron chi connectivity index (χ3n) is 2.83. The molecular weight excluding hydrogens is 256 g/mol. The minimum atomic E-state index is -1.02. The van der Waals surface area contributed by atoms with Gasteiger partial charge in [-0.05, 0) is 38.0 Å². The summed E-state index contributed by atoms with van der Waals surface area (Å²) in [5, 5.41) is 0. The fourth-order valence-corrected chi connectivity index (χ4v) is 1.71. The standard InChI is InChI=1S/C16H18O4/c1-4-20-16(19)15(18)12(3)14(17)11(2)10-13-8-6-5-7-9-13/h5-10,12H,4H2,1-3H3/b11-10+. The summed E-state index contributed by atoms with van der Waals surface area (Å²) in [7, 11) is 0. The summed E-state index contributed by atoms with van der Waals surface area (Å²) in [6.07, 6.45) is 1.69. The van der Waals surface area contributed by atoms with Crippen LogP contribution in [-0.4, -0.2) is 24.1 Å². The first-order valence-electron chi connectivity index (χ1n) is 6.46. The zero-order valence-corrected chi connectivity index (χ0v) is 11.9. The van der Waals surface area contributed by atoms with E-state index in [1.165, 1.54) is 6.92 Å². The molecule has 4 nitrogen and oxygen atoms in total. The van der Waals surface area contributed by atoms with Crippen LogP contribution in [0.25, 0.3) is 6.08 Å². The maximum atomic E-state index is 12.1. The maximum absolute atomic E-state index is 12.1. The van der Waals surface area contributed by atoms with Crippen molar-refractivity contribution >= 4 is 23.6 Å². The molecule has 1 rings (SSSR count). The Morgan fingerprint density at radius 1 is 1.15 bits per heavy atom. The van der Waals surface area contributed by atoms with E-state index in [1.807, 2.05) is 30.3 Å². The molecule has 0 aliphatic carbocycles. The van der Waals surface area contributed by atoms with E-state index in [-0.39, 0.29) is 12.4 Å². The van der Waals surface area contributed by atoms with Crippen molar-refractivity contribution in [3.63, 3.8) is 0 Å². The van der Waals surface area contributed by atoms with Crippen LogP contribution < -0.4 is 0 Å². The molecule has 0 bridgehead atoms. The van der Waals surface area contributed by atoms with Gasteiger partial charge in [0.1, 0.15) is 0 Å². The lowest BCUT2D eigenvalue weighted by molar-refractivity contribution is -0.156. The fraction of sp³-hybridized carbons (Fsp3) is 0.312. The van der Waals surface area contributed by atoms with Gasteiger partial charge in [-0.3, -0.25) is 9.59 Å². The molecule has 0 radical (unpaired) electrons.